The van der Waals surface area contributed by atoms with Gasteiger partial charge in [0.1, 0.15) is 0 Å². The standard InChI is InChI=1S/C5H7BrFN3/c1-2-3-10-4(6)5(7)8-9-10/h2-3H2,1H3. The maximum atomic E-state index is 12.4. The average molecular weight is 208 g/mol. The molecule has 0 spiro atoms. The first-order valence-corrected chi connectivity index (χ1v) is 3.79. The monoisotopic (exact) mass is 207 g/mol. The van der Waals surface area contributed by atoms with Crippen molar-refractivity contribution in [2.24, 2.45) is 0 Å². The molecule has 0 radical (unpaired) electrons. The van der Waals surface area contributed by atoms with Gasteiger partial charge in [0.15, 0.2) is 4.60 Å². The van der Waals surface area contributed by atoms with Gasteiger partial charge in [0, 0.05) is 6.54 Å². The summed E-state index contributed by atoms with van der Waals surface area (Å²) in [5.41, 5.74) is 0. The molecule has 3 nitrogen and oxygen atoms in total. The number of aryl methyl sites for hydroxylation is 1. The second kappa shape index (κ2) is 3.09. The van der Waals surface area contributed by atoms with Crippen molar-refractivity contribution in [3.05, 3.63) is 10.6 Å². The van der Waals surface area contributed by atoms with E-state index in [1.54, 1.807) is 0 Å². The van der Waals surface area contributed by atoms with Crippen LogP contribution < -0.4 is 0 Å². The van der Waals surface area contributed by atoms with Gasteiger partial charge in [-0.25, -0.2) is 4.68 Å². The van der Waals surface area contributed by atoms with Crippen LogP contribution in [0, 0.1) is 5.95 Å². The summed E-state index contributed by atoms with van der Waals surface area (Å²) in [5, 5.41) is 6.78. The van der Waals surface area contributed by atoms with Crippen molar-refractivity contribution in [3.8, 4) is 0 Å². The Morgan fingerprint density at radius 2 is 2.40 bits per heavy atom. The third kappa shape index (κ3) is 1.34. The van der Waals surface area contributed by atoms with Crippen LogP contribution >= 0.6 is 15.9 Å². The van der Waals surface area contributed by atoms with E-state index in [0.29, 0.717) is 11.1 Å². The summed E-state index contributed by atoms with van der Waals surface area (Å²) < 4.78 is 14.2. The molecule has 0 fully saturated rings. The van der Waals surface area contributed by atoms with Crippen molar-refractivity contribution in [1.29, 1.82) is 0 Å². The zero-order chi connectivity index (χ0) is 7.56. The molecule has 0 aromatic carbocycles. The number of nitrogens with zero attached hydrogens (tertiary/aromatic N) is 3. The van der Waals surface area contributed by atoms with Gasteiger partial charge in [-0.05, 0) is 22.4 Å². The molecule has 0 aliphatic rings. The molecule has 1 heterocycles. The van der Waals surface area contributed by atoms with Gasteiger partial charge < -0.3 is 0 Å². The van der Waals surface area contributed by atoms with Gasteiger partial charge in [-0.15, -0.1) is 0 Å². The molecule has 0 atom stereocenters. The van der Waals surface area contributed by atoms with Crippen molar-refractivity contribution in [2.75, 3.05) is 0 Å². The molecule has 0 saturated carbocycles. The number of hydrogen-bond donors (Lipinski definition) is 0. The summed E-state index contributed by atoms with van der Waals surface area (Å²) in [6.07, 6.45) is 0.918. The average Bonchev–Trinajstić information content (AvgIpc) is 2.20. The smallest absolute Gasteiger partial charge is 0.235 e. The van der Waals surface area contributed by atoms with E-state index in [-0.39, 0.29) is 0 Å². The fourth-order valence-electron chi connectivity index (χ4n) is 0.635. The van der Waals surface area contributed by atoms with Crippen molar-refractivity contribution >= 4 is 15.9 Å². The van der Waals surface area contributed by atoms with E-state index >= 15 is 0 Å². The zero-order valence-electron chi connectivity index (χ0n) is 5.51. The highest BCUT2D eigenvalue weighted by molar-refractivity contribution is 9.10. The summed E-state index contributed by atoms with van der Waals surface area (Å²) in [5.74, 6) is -0.548. The predicted octanol–water partition coefficient (Wildman–Crippen LogP) is 1.59. The van der Waals surface area contributed by atoms with E-state index in [1.165, 1.54) is 4.68 Å². The lowest BCUT2D eigenvalue weighted by atomic mass is 10.5. The molecule has 0 N–H and O–H groups in total. The maximum absolute atomic E-state index is 12.4. The fraction of sp³-hybridized carbons (Fsp3) is 0.600. The summed E-state index contributed by atoms with van der Waals surface area (Å²) in [7, 11) is 0. The van der Waals surface area contributed by atoms with Crippen molar-refractivity contribution in [2.45, 2.75) is 19.9 Å². The van der Waals surface area contributed by atoms with E-state index in [0.717, 1.165) is 6.42 Å². The highest BCUT2D eigenvalue weighted by atomic mass is 79.9. The Labute approximate surface area is 66.4 Å². The van der Waals surface area contributed by atoms with Crippen molar-refractivity contribution < 1.29 is 4.39 Å². The number of hydrogen-bond acceptors (Lipinski definition) is 2. The number of aromatic nitrogens is 3. The Kier molecular flexibility index (Phi) is 2.37. The van der Waals surface area contributed by atoms with Crippen molar-refractivity contribution in [1.82, 2.24) is 15.0 Å². The van der Waals surface area contributed by atoms with E-state index in [2.05, 4.69) is 26.2 Å². The summed E-state index contributed by atoms with van der Waals surface area (Å²) in [6.45, 7) is 2.68. The third-order valence-electron chi connectivity index (χ3n) is 1.07. The lowest BCUT2D eigenvalue weighted by Crippen LogP contribution is -1.98. The molecular weight excluding hydrogens is 201 g/mol. The third-order valence-corrected chi connectivity index (χ3v) is 1.81. The number of halogens is 2. The Morgan fingerprint density at radius 1 is 1.70 bits per heavy atom. The second-order valence-corrected chi connectivity index (χ2v) is 2.65. The van der Waals surface area contributed by atoms with Crippen LogP contribution in [0.3, 0.4) is 0 Å². The zero-order valence-corrected chi connectivity index (χ0v) is 7.10. The van der Waals surface area contributed by atoms with E-state index in [4.69, 9.17) is 0 Å². The van der Waals surface area contributed by atoms with Gasteiger partial charge in [0.25, 0.3) is 5.95 Å². The first-order chi connectivity index (χ1) is 4.75. The molecule has 0 saturated heterocycles. The molecular formula is C5H7BrFN3. The first-order valence-electron chi connectivity index (χ1n) is 3.00. The van der Waals surface area contributed by atoms with Crippen LogP contribution in [-0.4, -0.2) is 15.0 Å². The van der Waals surface area contributed by atoms with Gasteiger partial charge in [-0.2, -0.15) is 4.39 Å². The Hall–Kier alpha value is -0.450. The highest BCUT2D eigenvalue weighted by Gasteiger charge is 2.06. The van der Waals surface area contributed by atoms with Crippen LogP contribution in [-0.2, 0) is 6.54 Å². The molecule has 10 heavy (non-hydrogen) atoms. The minimum Gasteiger partial charge on any atom is -0.235 e. The largest absolute Gasteiger partial charge is 0.267 e. The minimum atomic E-state index is -0.548. The maximum Gasteiger partial charge on any atom is 0.267 e. The first kappa shape index (κ1) is 7.65. The SMILES string of the molecule is CCCn1nnc(F)c1Br. The molecule has 56 valence electrons. The van der Waals surface area contributed by atoms with Crippen LogP contribution in [0.15, 0.2) is 4.60 Å². The highest BCUT2D eigenvalue weighted by Crippen LogP contribution is 2.11. The normalized spacial score (nSPS) is 10.3. The van der Waals surface area contributed by atoms with Crippen LogP contribution in [0.2, 0.25) is 0 Å². The van der Waals surface area contributed by atoms with Gasteiger partial charge in [-0.1, -0.05) is 17.2 Å². The molecule has 0 bridgehead atoms. The molecule has 0 amide bonds. The Balaban J connectivity index is 2.83. The van der Waals surface area contributed by atoms with Gasteiger partial charge >= 0.3 is 0 Å². The molecule has 1 aromatic heterocycles. The summed E-state index contributed by atoms with van der Waals surface area (Å²) >= 11 is 3.01. The number of rotatable bonds is 2. The molecule has 5 heteroatoms. The molecule has 1 rings (SSSR count). The Bertz CT molecular complexity index is 223. The quantitative estimate of drug-likeness (QED) is 0.738. The Morgan fingerprint density at radius 3 is 2.80 bits per heavy atom. The van der Waals surface area contributed by atoms with E-state index < -0.39 is 5.95 Å². The van der Waals surface area contributed by atoms with Crippen LogP contribution in [0.1, 0.15) is 13.3 Å². The lowest BCUT2D eigenvalue weighted by Gasteiger charge is -1.95. The van der Waals surface area contributed by atoms with Gasteiger partial charge in [-0.3, -0.25) is 0 Å². The van der Waals surface area contributed by atoms with Gasteiger partial charge in [0.2, 0.25) is 0 Å². The summed E-state index contributed by atoms with van der Waals surface area (Å²) in [4.78, 5) is 0. The molecule has 0 aliphatic heterocycles. The predicted molar refractivity (Wildman–Crippen MR) is 38.0 cm³/mol. The fourth-order valence-corrected chi connectivity index (χ4v) is 0.962. The van der Waals surface area contributed by atoms with Gasteiger partial charge in [0.05, 0.1) is 0 Å². The van der Waals surface area contributed by atoms with Crippen molar-refractivity contribution in [3.63, 3.8) is 0 Å². The van der Waals surface area contributed by atoms with E-state index in [1.807, 2.05) is 6.92 Å². The lowest BCUT2D eigenvalue weighted by molar-refractivity contribution is 0.569. The topological polar surface area (TPSA) is 30.7 Å². The van der Waals surface area contributed by atoms with Crippen LogP contribution in [0.25, 0.3) is 0 Å². The molecule has 1 aromatic rings. The van der Waals surface area contributed by atoms with E-state index in [9.17, 15) is 4.39 Å². The second-order valence-electron chi connectivity index (χ2n) is 1.89. The summed E-state index contributed by atoms with van der Waals surface area (Å²) in [6, 6.07) is 0. The minimum absolute atomic E-state index is 0.328. The molecule has 0 unspecified atom stereocenters. The molecule has 0 aliphatic carbocycles. The van der Waals surface area contributed by atoms with Crippen LogP contribution in [0.4, 0.5) is 4.39 Å². The van der Waals surface area contributed by atoms with Crippen LogP contribution in [0.5, 0.6) is 0 Å².